The number of nitrogens with one attached hydrogen (secondary N) is 1. The number of aliphatic carboxylic acids is 1. The molecule has 0 fully saturated rings. The highest BCUT2D eigenvalue weighted by atomic mass is 19.1. The fraction of sp³-hybridized carbons (Fsp3) is 0.241. The molecule has 3 aromatic carbocycles. The molecule has 4 aromatic rings. The van der Waals surface area contributed by atoms with Crippen LogP contribution in [-0.2, 0) is 18.3 Å². The van der Waals surface area contributed by atoms with Crippen LogP contribution in [0, 0.1) is 25.5 Å². The number of nitrogens with zero attached hydrogens (tertiary/aromatic N) is 1. The molecule has 0 unspecified atom stereocenters. The van der Waals surface area contributed by atoms with Gasteiger partial charge < -0.3 is 19.7 Å². The Morgan fingerprint density at radius 2 is 1.76 bits per heavy atom. The van der Waals surface area contributed by atoms with Crippen molar-refractivity contribution < 1.29 is 28.2 Å². The molecule has 192 valence electrons. The quantitative estimate of drug-likeness (QED) is 0.291. The number of aryl methyl sites for hydroxylation is 4. The molecule has 37 heavy (non-hydrogen) atoms. The van der Waals surface area contributed by atoms with E-state index in [0.29, 0.717) is 34.4 Å². The number of rotatable bonds is 8. The Morgan fingerprint density at radius 1 is 1.00 bits per heavy atom. The van der Waals surface area contributed by atoms with E-state index in [1.807, 2.05) is 6.92 Å². The number of carbonyl (C=O) groups is 2. The lowest BCUT2D eigenvalue weighted by molar-refractivity contribution is -0.136. The lowest BCUT2D eigenvalue weighted by atomic mass is 10.0. The number of carbonyl (C=O) groups excluding carboxylic acids is 1. The fourth-order valence-electron chi connectivity index (χ4n) is 4.55. The first-order valence-corrected chi connectivity index (χ1v) is 11.9. The van der Waals surface area contributed by atoms with Crippen LogP contribution in [-0.4, -0.2) is 21.6 Å². The van der Waals surface area contributed by atoms with Crippen molar-refractivity contribution in [3.05, 3.63) is 94.2 Å². The van der Waals surface area contributed by atoms with Crippen molar-refractivity contribution in [3.8, 4) is 11.5 Å². The predicted molar refractivity (Wildman–Crippen MR) is 137 cm³/mol. The molecule has 1 aromatic heterocycles. The highest BCUT2D eigenvalue weighted by Gasteiger charge is 2.21. The molecule has 1 heterocycles. The summed E-state index contributed by atoms with van der Waals surface area (Å²) in [5.74, 6) is -1.35. The van der Waals surface area contributed by atoms with Gasteiger partial charge >= 0.3 is 5.97 Å². The molecule has 0 saturated carbocycles. The number of fused-ring (bicyclic) bond motifs is 1. The smallest absolute Gasteiger partial charge is 0.303 e. The van der Waals surface area contributed by atoms with Crippen LogP contribution < -0.4 is 10.1 Å². The van der Waals surface area contributed by atoms with Gasteiger partial charge in [0, 0.05) is 30.4 Å². The van der Waals surface area contributed by atoms with Gasteiger partial charge in [0.05, 0.1) is 6.04 Å². The summed E-state index contributed by atoms with van der Waals surface area (Å²) in [6.45, 7) is 5.38. The van der Waals surface area contributed by atoms with Gasteiger partial charge in [0.2, 0.25) is 0 Å². The Bertz CT molecular complexity index is 1510. The van der Waals surface area contributed by atoms with Crippen molar-refractivity contribution in [3.63, 3.8) is 0 Å². The van der Waals surface area contributed by atoms with Crippen LogP contribution in [0.15, 0.2) is 54.6 Å². The predicted octanol–water partition coefficient (Wildman–Crippen LogP) is 6.37. The van der Waals surface area contributed by atoms with Crippen LogP contribution in [0.2, 0.25) is 0 Å². The maximum absolute atomic E-state index is 14.5. The standard InChI is InChI=1S/C29H28F2N2O4/c1-16-11-23(8-5-19(16)6-10-27(34)35)37-24-13-20(12-22(31)14-24)18(3)32-29(36)28-17(2)25-15-21(30)7-9-26(25)33(28)4/h5,7-9,11-15,18H,6,10H2,1-4H3,(H,32,36)(H,34,35)/t18-/m1/s1. The summed E-state index contributed by atoms with van der Waals surface area (Å²) >= 11 is 0. The van der Waals surface area contributed by atoms with Crippen molar-refractivity contribution in [2.75, 3.05) is 0 Å². The van der Waals surface area contributed by atoms with Gasteiger partial charge in [0.15, 0.2) is 0 Å². The van der Waals surface area contributed by atoms with Crippen molar-refractivity contribution in [1.29, 1.82) is 0 Å². The largest absolute Gasteiger partial charge is 0.481 e. The van der Waals surface area contributed by atoms with E-state index in [0.717, 1.165) is 16.6 Å². The second-order valence-electron chi connectivity index (χ2n) is 9.19. The van der Waals surface area contributed by atoms with E-state index in [2.05, 4.69) is 5.32 Å². The first kappa shape index (κ1) is 25.9. The molecule has 1 amide bonds. The first-order chi connectivity index (χ1) is 17.5. The molecule has 0 bridgehead atoms. The van der Waals surface area contributed by atoms with Gasteiger partial charge in [-0.15, -0.1) is 0 Å². The second-order valence-corrected chi connectivity index (χ2v) is 9.19. The molecular weight excluding hydrogens is 478 g/mol. The molecule has 0 aliphatic carbocycles. The number of halogens is 2. The van der Waals surface area contributed by atoms with Crippen LogP contribution >= 0.6 is 0 Å². The Balaban J connectivity index is 1.53. The number of ether oxygens (including phenoxy) is 1. The summed E-state index contributed by atoms with van der Waals surface area (Å²) in [6.07, 6.45) is 0.445. The number of carboxylic acid groups (broad SMARTS) is 1. The Morgan fingerprint density at radius 3 is 2.46 bits per heavy atom. The molecule has 0 saturated heterocycles. The van der Waals surface area contributed by atoms with E-state index < -0.39 is 17.8 Å². The van der Waals surface area contributed by atoms with Crippen LogP contribution in [0.1, 0.15) is 52.1 Å². The average molecular weight is 507 g/mol. The number of aromatic nitrogens is 1. The van der Waals surface area contributed by atoms with Crippen LogP contribution in [0.25, 0.3) is 10.9 Å². The molecule has 6 nitrogen and oxygen atoms in total. The third kappa shape index (κ3) is 5.63. The number of benzene rings is 3. The third-order valence-electron chi connectivity index (χ3n) is 6.53. The summed E-state index contributed by atoms with van der Waals surface area (Å²) in [4.78, 5) is 24.0. The van der Waals surface area contributed by atoms with Gasteiger partial charge in [-0.1, -0.05) is 6.07 Å². The zero-order valence-electron chi connectivity index (χ0n) is 21.1. The van der Waals surface area contributed by atoms with Gasteiger partial charge in [-0.25, -0.2) is 8.78 Å². The maximum Gasteiger partial charge on any atom is 0.303 e. The lowest BCUT2D eigenvalue weighted by Crippen LogP contribution is -2.29. The second kappa shape index (κ2) is 10.4. The molecular formula is C29H28F2N2O4. The molecule has 2 N–H and O–H groups in total. The van der Waals surface area contributed by atoms with Gasteiger partial charge in [0.25, 0.3) is 5.91 Å². The summed E-state index contributed by atoms with van der Waals surface area (Å²) in [5.41, 5.74) is 4.09. The van der Waals surface area contributed by atoms with E-state index in [-0.39, 0.29) is 23.9 Å². The monoisotopic (exact) mass is 506 g/mol. The highest BCUT2D eigenvalue weighted by molar-refractivity contribution is 6.01. The fourth-order valence-corrected chi connectivity index (χ4v) is 4.55. The lowest BCUT2D eigenvalue weighted by Gasteiger charge is -2.17. The van der Waals surface area contributed by atoms with E-state index in [4.69, 9.17) is 9.84 Å². The van der Waals surface area contributed by atoms with Crippen LogP contribution in [0.3, 0.4) is 0 Å². The van der Waals surface area contributed by atoms with Crippen molar-refractivity contribution in [2.24, 2.45) is 7.05 Å². The first-order valence-electron chi connectivity index (χ1n) is 11.9. The Hall–Kier alpha value is -4.20. The van der Waals surface area contributed by atoms with E-state index in [9.17, 15) is 18.4 Å². The van der Waals surface area contributed by atoms with Crippen LogP contribution in [0.4, 0.5) is 8.78 Å². The van der Waals surface area contributed by atoms with E-state index in [1.54, 1.807) is 55.8 Å². The molecule has 8 heteroatoms. The minimum Gasteiger partial charge on any atom is -0.481 e. The third-order valence-corrected chi connectivity index (χ3v) is 6.53. The molecule has 4 rings (SSSR count). The number of hydrogen-bond acceptors (Lipinski definition) is 3. The Labute approximate surface area is 213 Å². The van der Waals surface area contributed by atoms with E-state index >= 15 is 0 Å². The number of amides is 1. The van der Waals surface area contributed by atoms with Crippen molar-refractivity contribution >= 4 is 22.8 Å². The summed E-state index contributed by atoms with van der Waals surface area (Å²) in [6, 6.07) is 13.4. The van der Waals surface area contributed by atoms with Gasteiger partial charge in [-0.3, -0.25) is 9.59 Å². The van der Waals surface area contributed by atoms with Crippen LogP contribution in [0.5, 0.6) is 11.5 Å². The van der Waals surface area contributed by atoms with Gasteiger partial charge in [0.1, 0.15) is 28.8 Å². The average Bonchev–Trinajstić information content (AvgIpc) is 3.07. The minimum atomic E-state index is -0.863. The van der Waals surface area contributed by atoms with Crippen molar-refractivity contribution in [1.82, 2.24) is 9.88 Å². The maximum atomic E-state index is 14.5. The van der Waals surface area contributed by atoms with Crippen molar-refractivity contribution in [2.45, 2.75) is 39.7 Å². The summed E-state index contributed by atoms with van der Waals surface area (Å²) in [5, 5.41) is 12.5. The zero-order valence-corrected chi connectivity index (χ0v) is 21.1. The molecule has 1 atom stereocenters. The molecule has 0 spiro atoms. The normalized spacial score (nSPS) is 11.9. The molecule has 0 radical (unpaired) electrons. The minimum absolute atomic E-state index is 0.0348. The van der Waals surface area contributed by atoms with Gasteiger partial charge in [-0.2, -0.15) is 0 Å². The SMILES string of the molecule is Cc1cc(Oc2cc(F)cc([C@@H](C)NC(=O)c3c(C)c4cc(F)ccc4n3C)c2)ccc1CCC(=O)O. The summed E-state index contributed by atoms with van der Waals surface area (Å²) in [7, 11) is 1.75. The summed E-state index contributed by atoms with van der Waals surface area (Å²) < 4.78 is 35.8. The zero-order chi connectivity index (χ0) is 26.9. The molecule has 0 aliphatic rings. The Kier molecular flexibility index (Phi) is 7.29. The number of hydrogen-bond donors (Lipinski definition) is 2. The topological polar surface area (TPSA) is 80.6 Å². The number of carboxylic acids is 1. The highest BCUT2D eigenvalue weighted by Crippen LogP contribution is 2.29. The van der Waals surface area contributed by atoms with Gasteiger partial charge in [-0.05, 0) is 91.9 Å². The molecule has 0 aliphatic heterocycles. The van der Waals surface area contributed by atoms with E-state index in [1.165, 1.54) is 24.3 Å².